The molecule has 2 aromatic carbocycles. The number of amides is 2. The van der Waals surface area contributed by atoms with E-state index in [1.165, 1.54) is 0 Å². The number of aromatic nitrogens is 2. The molecule has 0 radical (unpaired) electrons. The van der Waals surface area contributed by atoms with E-state index in [1.807, 2.05) is 53.4 Å². The minimum Gasteiger partial charge on any atom is -0.454 e. The Morgan fingerprint density at radius 3 is 2.71 bits per heavy atom. The number of nitrogens with one attached hydrogen (secondary N) is 1. The smallest absolute Gasteiger partial charge is 0.272 e. The molecule has 0 spiro atoms. The summed E-state index contributed by atoms with van der Waals surface area (Å²) in [6.45, 7) is 2.33. The van der Waals surface area contributed by atoms with Crippen molar-refractivity contribution in [3.05, 3.63) is 77.1 Å². The quantitative estimate of drug-likeness (QED) is 0.688. The Morgan fingerprint density at radius 2 is 1.84 bits per heavy atom. The molecule has 3 aromatic rings. The molecule has 158 valence electrons. The zero-order valence-electron chi connectivity index (χ0n) is 16.9. The van der Waals surface area contributed by atoms with Crippen molar-refractivity contribution in [3.63, 3.8) is 0 Å². The van der Waals surface area contributed by atoms with Crippen LogP contribution >= 0.6 is 0 Å². The fraction of sp³-hybridized carbons (Fsp3) is 0.261. The lowest BCUT2D eigenvalue weighted by Gasteiger charge is -2.20. The van der Waals surface area contributed by atoms with Crippen LogP contribution in [0.15, 0.2) is 54.6 Å². The third kappa shape index (κ3) is 3.96. The Labute approximate surface area is 179 Å². The van der Waals surface area contributed by atoms with Crippen molar-refractivity contribution in [1.29, 1.82) is 0 Å². The molecule has 0 saturated heterocycles. The van der Waals surface area contributed by atoms with E-state index in [4.69, 9.17) is 9.47 Å². The summed E-state index contributed by atoms with van der Waals surface area (Å²) in [6.07, 6.45) is 0.783. The monoisotopic (exact) mass is 418 g/mol. The summed E-state index contributed by atoms with van der Waals surface area (Å²) in [5, 5.41) is 7.25. The van der Waals surface area contributed by atoms with Gasteiger partial charge in [0.05, 0.1) is 0 Å². The zero-order valence-corrected chi connectivity index (χ0v) is 16.9. The first kappa shape index (κ1) is 19.2. The molecule has 0 aliphatic carbocycles. The van der Waals surface area contributed by atoms with Crippen molar-refractivity contribution in [2.24, 2.45) is 0 Å². The molecule has 0 fully saturated rings. The minimum absolute atomic E-state index is 0.108. The van der Waals surface area contributed by atoms with Crippen molar-refractivity contribution < 1.29 is 19.1 Å². The summed E-state index contributed by atoms with van der Waals surface area (Å²) in [5.41, 5.74) is 2.65. The lowest BCUT2D eigenvalue weighted by Crippen LogP contribution is -2.30. The third-order valence-corrected chi connectivity index (χ3v) is 5.42. The molecule has 1 aromatic heterocycles. The summed E-state index contributed by atoms with van der Waals surface area (Å²) >= 11 is 0. The molecule has 2 aliphatic heterocycles. The normalized spacial score (nSPS) is 14.8. The van der Waals surface area contributed by atoms with Gasteiger partial charge >= 0.3 is 0 Å². The first-order valence-corrected chi connectivity index (χ1v) is 10.3. The van der Waals surface area contributed by atoms with Crippen LogP contribution in [0, 0.1) is 0 Å². The van der Waals surface area contributed by atoms with E-state index in [-0.39, 0.29) is 24.3 Å². The van der Waals surface area contributed by atoms with Gasteiger partial charge in [-0.2, -0.15) is 5.10 Å². The highest BCUT2D eigenvalue weighted by molar-refractivity contribution is 5.98. The Bertz CT molecular complexity index is 1130. The van der Waals surface area contributed by atoms with Crippen LogP contribution in [-0.4, -0.2) is 39.8 Å². The maximum Gasteiger partial charge on any atom is 0.272 e. The largest absolute Gasteiger partial charge is 0.454 e. The van der Waals surface area contributed by atoms with E-state index in [1.54, 1.807) is 10.7 Å². The highest BCUT2D eigenvalue weighted by atomic mass is 16.7. The maximum absolute atomic E-state index is 13.1. The number of ether oxygens (including phenoxy) is 2. The molecule has 0 bridgehead atoms. The van der Waals surface area contributed by atoms with Crippen LogP contribution in [0.2, 0.25) is 0 Å². The van der Waals surface area contributed by atoms with Gasteiger partial charge in [-0.05, 0) is 29.7 Å². The summed E-state index contributed by atoms with van der Waals surface area (Å²) in [7, 11) is 0. The van der Waals surface area contributed by atoms with Crippen molar-refractivity contribution in [3.8, 4) is 11.5 Å². The van der Waals surface area contributed by atoms with E-state index in [0.717, 1.165) is 17.5 Å². The predicted octanol–water partition coefficient (Wildman–Crippen LogP) is 2.59. The molecule has 3 heterocycles. The summed E-state index contributed by atoms with van der Waals surface area (Å²) < 4.78 is 12.3. The number of rotatable bonds is 5. The standard InChI is InChI=1S/C23H22N4O4/c28-22(24-13-17-7-8-20-21(11-17)31-15-30-20)18-12-19-23(29)26(9-4-10-27(19)25-18)14-16-5-2-1-3-6-16/h1-3,5-8,11-12H,4,9-10,13-15H2,(H,24,28). The lowest BCUT2D eigenvalue weighted by molar-refractivity contribution is 0.0745. The molecule has 8 nitrogen and oxygen atoms in total. The SMILES string of the molecule is O=C(NCc1ccc2c(c1)OCO2)c1cc2n(n1)CCCN(Cc1ccccc1)C2=O. The van der Waals surface area contributed by atoms with Gasteiger partial charge in [0, 0.05) is 32.2 Å². The summed E-state index contributed by atoms with van der Waals surface area (Å²) in [6, 6.07) is 17.0. The number of aryl methyl sites for hydroxylation is 1. The molecule has 2 amide bonds. The van der Waals surface area contributed by atoms with E-state index >= 15 is 0 Å². The van der Waals surface area contributed by atoms with E-state index in [0.29, 0.717) is 43.4 Å². The van der Waals surface area contributed by atoms with Crippen LogP contribution in [0.4, 0.5) is 0 Å². The van der Waals surface area contributed by atoms with E-state index in [2.05, 4.69) is 10.4 Å². The number of carbonyl (C=O) groups excluding carboxylic acids is 2. The van der Waals surface area contributed by atoms with Crippen LogP contribution in [-0.2, 0) is 19.6 Å². The number of benzene rings is 2. The first-order chi connectivity index (χ1) is 15.2. The second-order valence-corrected chi connectivity index (χ2v) is 7.57. The van der Waals surface area contributed by atoms with Gasteiger partial charge in [0.2, 0.25) is 6.79 Å². The van der Waals surface area contributed by atoms with Gasteiger partial charge in [0.1, 0.15) is 5.69 Å². The fourth-order valence-electron chi connectivity index (χ4n) is 3.82. The average Bonchev–Trinajstić information content (AvgIpc) is 3.41. The Balaban J connectivity index is 1.27. The number of hydrogen-bond donors (Lipinski definition) is 1. The third-order valence-electron chi connectivity index (χ3n) is 5.42. The van der Waals surface area contributed by atoms with Crippen LogP contribution in [0.1, 0.15) is 38.5 Å². The highest BCUT2D eigenvalue weighted by Gasteiger charge is 2.26. The predicted molar refractivity (Wildman–Crippen MR) is 112 cm³/mol. The van der Waals surface area contributed by atoms with Gasteiger partial charge in [0.15, 0.2) is 17.2 Å². The van der Waals surface area contributed by atoms with Crippen LogP contribution in [0.3, 0.4) is 0 Å². The van der Waals surface area contributed by atoms with Crippen molar-refractivity contribution in [2.45, 2.75) is 26.1 Å². The van der Waals surface area contributed by atoms with Gasteiger partial charge in [-0.3, -0.25) is 14.3 Å². The Kier molecular flexibility index (Phi) is 5.03. The zero-order chi connectivity index (χ0) is 21.2. The molecule has 1 N–H and O–H groups in total. The van der Waals surface area contributed by atoms with Crippen molar-refractivity contribution in [2.75, 3.05) is 13.3 Å². The molecular formula is C23H22N4O4. The average molecular weight is 418 g/mol. The summed E-state index contributed by atoms with van der Waals surface area (Å²) in [5.74, 6) is 0.945. The molecule has 0 atom stereocenters. The van der Waals surface area contributed by atoms with Gasteiger partial charge in [-0.15, -0.1) is 0 Å². The van der Waals surface area contributed by atoms with Crippen LogP contribution < -0.4 is 14.8 Å². The first-order valence-electron chi connectivity index (χ1n) is 10.3. The lowest BCUT2D eigenvalue weighted by atomic mass is 10.2. The van der Waals surface area contributed by atoms with Gasteiger partial charge in [0.25, 0.3) is 11.8 Å². The highest BCUT2D eigenvalue weighted by Crippen LogP contribution is 2.32. The molecular weight excluding hydrogens is 396 g/mol. The Morgan fingerprint density at radius 1 is 1.00 bits per heavy atom. The van der Waals surface area contributed by atoms with Crippen molar-refractivity contribution in [1.82, 2.24) is 20.0 Å². The minimum atomic E-state index is -0.319. The number of carbonyl (C=O) groups is 2. The molecule has 0 unspecified atom stereocenters. The van der Waals surface area contributed by atoms with Gasteiger partial charge < -0.3 is 19.7 Å². The maximum atomic E-state index is 13.1. The number of hydrogen-bond acceptors (Lipinski definition) is 5. The van der Waals surface area contributed by atoms with Gasteiger partial charge in [-0.25, -0.2) is 0 Å². The van der Waals surface area contributed by atoms with E-state index < -0.39 is 0 Å². The molecule has 31 heavy (non-hydrogen) atoms. The van der Waals surface area contributed by atoms with Crippen molar-refractivity contribution >= 4 is 11.8 Å². The van der Waals surface area contributed by atoms with E-state index in [9.17, 15) is 9.59 Å². The molecule has 8 heteroatoms. The fourth-order valence-corrected chi connectivity index (χ4v) is 3.82. The summed E-state index contributed by atoms with van der Waals surface area (Å²) in [4.78, 5) is 27.5. The van der Waals surface area contributed by atoms with Crippen LogP contribution in [0.5, 0.6) is 11.5 Å². The second-order valence-electron chi connectivity index (χ2n) is 7.57. The Hall–Kier alpha value is -3.81. The molecule has 0 saturated carbocycles. The van der Waals surface area contributed by atoms with Gasteiger partial charge in [-0.1, -0.05) is 36.4 Å². The molecule has 5 rings (SSSR count). The molecule has 2 aliphatic rings. The number of fused-ring (bicyclic) bond motifs is 2. The topological polar surface area (TPSA) is 85.7 Å². The second kappa shape index (κ2) is 8.14. The van der Waals surface area contributed by atoms with Crippen LogP contribution in [0.25, 0.3) is 0 Å². The number of nitrogens with zero attached hydrogens (tertiary/aromatic N) is 3.